The van der Waals surface area contributed by atoms with Gasteiger partial charge >= 0.3 is 5.97 Å². The standard InChI is InChI=1S/C21H26N2O2/c24-21(25)20-8-6-17(7-9-20)14-22-15-18-10-12-23(13-11-18)16-19-4-2-1-3-5-19/h1-9,18,22H,10-16H2,(H,24,25). The van der Waals surface area contributed by atoms with E-state index in [2.05, 4.69) is 40.5 Å². The van der Waals surface area contributed by atoms with Crippen LogP contribution in [0, 0.1) is 5.92 Å². The highest BCUT2D eigenvalue weighted by Gasteiger charge is 2.18. The largest absolute Gasteiger partial charge is 0.478 e. The van der Waals surface area contributed by atoms with Gasteiger partial charge in [-0.15, -0.1) is 0 Å². The molecule has 1 heterocycles. The number of likely N-dealkylation sites (tertiary alicyclic amines) is 1. The van der Waals surface area contributed by atoms with Gasteiger partial charge in [-0.2, -0.15) is 0 Å². The number of aromatic carboxylic acids is 1. The Hall–Kier alpha value is -2.17. The van der Waals surface area contributed by atoms with Crippen molar-refractivity contribution < 1.29 is 9.90 Å². The summed E-state index contributed by atoms with van der Waals surface area (Å²) in [6.07, 6.45) is 2.47. The van der Waals surface area contributed by atoms with Gasteiger partial charge in [0.05, 0.1) is 5.56 Å². The SMILES string of the molecule is O=C(O)c1ccc(CNCC2CCN(Cc3ccccc3)CC2)cc1. The summed E-state index contributed by atoms with van der Waals surface area (Å²) in [5.41, 5.74) is 2.87. The van der Waals surface area contributed by atoms with Crippen LogP contribution in [0.5, 0.6) is 0 Å². The van der Waals surface area contributed by atoms with Crippen molar-refractivity contribution in [1.82, 2.24) is 10.2 Å². The summed E-state index contributed by atoms with van der Waals surface area (Å²) < 4.78 is 0. The van der Waals surface area contributed by atoms with E-state index >= 15 is 0 Å². The molecule has 0 aliphatic carbocycles. The van der Waals surface area contributed by atoms with E-state index in [1.807, 2.05) is 12.1 Å². The first kappa shape index (κ1) is 17.6. The van der Waals surface area contributed by atoms with E-state index in [4.69, 9.17) is 5.11 Å². The number of piperidine rings is 1. The zero-order valence-electron chi connectivity index (χ0n) is 14.5. The molecule has 0 spiro atoms. The first-order chi connectivity index (χ1) is 12.2. The van der Waals surface area contributed by atoms with Crippen molar-refractivity contribution in [2.45, 2.75) is 25.9 Å². The minimum absolute atomic E-state index is 0.342. The van der Waals surface area contributed by atoms with Gasteiger partial charge in [-0.3, -0.25) is 4.90 Å². The summed E-state index contributed by atoms with van der Waals surface area (Å²) in [7, 11) is 0. The van der Waals surface area contributed by atoms with Crippen molar-refractivity contribution >= 4 is 5.97 Å². The monoisotopic (exact) mass is 338 g/mol. The molecule has 1 aliphatic rings. The van der Waals surface area contributed by atoms with Crippen molar-refractivity contribution in [1.29, 1.82) is 0 Å². The second-order valence-corrected chi connectivity index (χ2v) is 6.84. The maximum atomic E-state index is 10.9. The zero-order chi connectivity index (χ0) is 17.5. The molecule has 25 heavy (non-hydrogen) atoms. The fraction of sp³-hybridized carbons (Fsp3) is 0.381. The van der Waals surface area contributed by atoms with Crippen LogP contribution >= 0.6 is 0 Å². The third kappa shape index (κ3) is 5.41. The summed E-state index contributed by atoms with van der Waals surface area (Å²) in [4.78, 5) is 13.4. The second kappa shape index (κ2) is 8.79. The van der Waals surface area contributed by atoms with Gasteiger partial charge in [0.1, 0.15) is 0 Å². The topological polar surface area (TPSA) is 52.6 Å². The van der Waals surface area contributed by atoms with E-state index in [9.17, 15) is 4.79 Å². The molecule has 2 aromatic carbocycles. The Morgan fingerprint density at radius 1 is 1.00 bits per heavy atom. The van der Waals surface area contributed by atoms with Crippen LogP contribution in [0.4, 0.5) is 0 Å². The zero-order valence-corrected chi connectivity index (χ0v) is 14.5. The van der Waals surface area contributed by atoms with E-state index in [0.29, 0.717) is 5.56 Å². The van der Waals surface area contributed by atoms with Crippen LogP contribution in [0.25, 0.3) is 0 Å². The lowest BCUT2D eigenvalue weighted by molar-refractivity contribution is 0.0697. The van der Waals surface area contributed by atoms with Crippen LogP contribution < -0.4 is 5.32 Å². The van der Waals surface area contributed by atoms with E-state index in [1.165, 1.54) is 18.4 Å². The molecule has 0 radical (unpaired) electrons. The molecule has 0 unspecified atom stereocenters. The Morgan fingerprint density at radius 2 is 1.68 bits per heavy atom. The molecule has 4 nitrogen and oxygen atoms in total. The fourth-order valence-electron chi connectivity index (χ4n) is 3.38. The summed E-state index contributed by atoms with van der Waals surface area (Å²) in [5.74, 6) is -0.146. The minimum atomic E-state index is -0.873. The number of nitrogens with one attached hydrogen (secondary N) is 1. The molecule has 132 valence electrons. The highest BCUT2D eigenvalue weighted by Crippen LogP contribution is 2.18. The molecule has 2 aromatic rings. The van der Waals surface area contributed by atoms with Crippen LogP contribution in [0.2, 0.25) is 0 Å². The van der Waals surface area contributed by atoms with Gasteiger partial charge in [-0.1, -0.05) is 42.5 Å². The average Bonchev–Trinajstić information content (AvgIpc) is 2.64. The van der Waals surface area contributed by atoms with Crippen LogP contribution in [0.3, 0.4) is 0 Å². The number of carboxylic acid groups (broad SMARTS) is 1. The number of carboxylic acids is 1. The highest BCUT2D eigenvalue weighted by molar-refractivity contribution is 5.87. The molecule has 1 aliphatic heterocycles. The van der Waals surface area contributed by atoms with E-state index in [0.717, 1.165) is 44.2 Å². The quantitative estimate of drug-likeness (QED) is 0.812. The summed E-state index contributed by atoms with van der Waals surface area (Å²) >= 11 is 0. The van der Waals surface area contributed by atoms with E-state index in [1.54, 1.807) is 12.1 Å². The van der Waals surface area contributed by atoms with Crippen molar-refractivity contribution in [2.75, 3.05) is 19.6 Å². The van der Waals surface area contributed by atoms with Crippen LogP contribution in [0.1, 0.15) is 34.3 Å². The number of benzene rings is 2. The molecule has 1 saturated heterocycles. The maximum Gasteiger partial charge on any atom is 0.335 e. The Kier molecular flexibility index (Phi) is 6.20. The van der Waals surface area contributed by atoms with Crippen molar-refractivity contribution in [3.63, 3.8) is 0 Å². The van der Waals surface area contributed by atoms with Crippen molar-refractivity contribution in [3.8, 4) is 0 Å². The maximum absolute atomic E-state index is 10.9. The number of rotatable bonds is 7. The minimum Gasteiger partial charge on any atom is -0.478 e. The van der Waals surface area contributed by atoms with Gasteiger partial charge < -0.3 is 10.4 Å². The number of hydrogen-bond donors (Lipinski definition) is 2. The summed E-state index contributed by atoms with van der Waals surface area (Å²) in [5, 5.41) is 12.4. The van der Waals surface area contributed by atoms with E-state index < -0.39 is 5.97 Å². The highest BCUT2D eigenvalue weighted by atomic mass is 16.4. The molecule has 0 bridgehead atoms. The normalized spacial score (nSPS) is 16.0. The lowest BCUT2D eigenvalue weighted by Crippen LogP contribution is -2.36. The lowest BCUT2D eigenvalue weighted by Gasteiger charge is -2.32. The summed E-state index contributed by atoms with van der Waals surface area (Å²) in [6.45, 7) is 5.20. The average molecular weight is 338 g/mol. The third-order valence-electron chi connectivity index (χ3n) is 4.92. The first-order valence-electron chi connectivity index (χ1n) is 9.00. The Balaban J connectivity index is 1.36. The van der Waals surface area contributed by atoms with Gasteiger partial charge in [0, 0.05) is 13.1 Å². The van der Waals surface area contributed by atoms with Crippen LogP contribution in [0.15, 0.2) is 54.6 Å². The molecule has 3 rings (SSSR count). The molecule has 0 amide bonds. The Bertz CT molecular complexity index is 662. The summed E-state index contributed by atoms with van der Waals surface area (Å²) in [6, 6.07) is 17.8. The Morgan fingerprint density at radius 3 is 2.32 bits per heavy atom. The number of hydrogen-bond acceptors (Lipinski definition) is 3. The van der Waals surface area contributed by atoms with Crippen LogP contribution in [-0.2, 0) is 13.1 Å². The number of carbonyl (C=O) groups is 1. The lowest BCUT2D eigenvalue weighted by atomic mass is 9.96. The molecule has 4 heteroatoms. The molecule has 0 aromatic heterocycles. The van der Waals surface area contributed by atoms with Crippen molar-refractivity contribution in [3.05, 3.63) is 71.3 Å². The predicted molar refractivity (Wildman–Crippen MR) is 99.6 cm³/mol. The van der Waals surface area contributed by atoms with Gasteiger partial charge in [-0.05, 0) is 61.7 Å². The third-order valence-corrected chi connectivity index (χ3v) is 4.92. The van der Waals surface area contributed by atoms with Gasteiger partial charge in [0.2, 0.25) is 0 Å². The van der Waals surface area contributed by atoms with Crippen LogP contribution in [-0.4, -0.2) is 35.6 Å². The number of nitrogens with zero attached hydrogens (tertiary/aromatic N) is 1. The molecule has 2 N–H and O–H groups in total. The van der Waals surface area contributed by atoms with Gasteiger partial charge in [0.15, 0.2) is 0 Å². The molecule has 0 saturated carbocycles. The second-order valence-electron chi connectivity index (χ2n) is 6.84. The predicted octanol–water partition coefficient (Wildman–Crippen LogP) is 3.39. The fourth-order valence-corrected chi connectivity index (χ4v) is 3.38. The smallest absolute Gasteiger partial charge is 0.335 e. The van der Waals surface area contributed by atoms with Gasteiger partial charge in [-0.25, -0.2) is 4.79 Å². The molecule has 1 fully saturated rings. The van der Waals surface area contributed by atoms with Gasteiger partial charge in [0.25, 0.3) is 0 Å². The molecular weight excluding hydrogens is 312 g/mol. The molecular formula is C21H26N2O2. The first-order valence-corrected chi connectivity index (χ1v) is 9.00. The molecule has 0 atom stereocenters. The Labute approximate surface area is 149 Å². The van der Waals surface area contributed by atoms with E-state index in [-0.39, 0.29) is 0 Å². The van der Waals surface area contributed by atoms with Crippen molar-refractivity contribution in [2.24, 2.45) is 5.92 Å².